The number of imidazole rings is 1. The Kier molecular flexibility index (Phi) is 7.33. The molecule has 1 N–H and O–H groups in total. The zero-order valence-corrected chi connectivity index (χ0v) is 15.6. The maximum atomic E-state index is 11.8. The van der Waals surface area contributed by atoms with Gasteiger partial charge in [-0.3, -0.25) is 4.79 Å². The monoisotopic (exact) mass is 364 g/mol. The van der Waals surface area contributed by atoms with E-state index in [2.05, 4.69) is 4.98 Å². The second-order valence-electron chi connectivity index (χ2n) is 5.45. The van der Waals surface area contributed by atoms with Gasteiger partial charge in [0.2, 0.25) is 0 Å². The second-order valence-corrected chi connectivity index (χ2v) is 6.76. The fraction of sp³-hybridized carbons (Fsp3) is 0.444. The highest BCUT2D eigenvalue weighted by Crippen LogP contribution is 2.25. The molecular formula is C18H24N2O4S. The van der Waals surface area contributed by atoms with E-state index in [0.717, 1.165) is 23.4 Å². The molecule has 0 fully saturated rings. The Labute approximate surface area is 152 Å². The number of hydrogen-bond acceptors (Lipinski definition) is 6. The quantitative estimate of drug-likeness (QED) is 0.545. The molecule has 0 spiro atoms. The van der Waals surface area contributed by atoms with Crippen LogP contribution in [0.2, 0.25) is 0 Å². The van der Waals surface area contributed by atoms with Crippen molar-refractivity contribution in [2.45, 2.75) is 43.8 Å². The normalized spacial score (nSPS) is 12.0. The number of rotatable bonds is 9. The Bertz CT molecular complexity index is 685. The first-order valence-corrected chi connectivity index (χ1v) is 9.08. The molecule has 1 heterocycles. The third-order valence-corrected chi connectivity index (χ3v) is 4.83. The molecule has 1 aromatic heterocycles. The van der Waals surface area contributed by atoms with Crippen LogP contribution in [0.15, 0.2) is 35.6 Å². The van der Waals surface area contributed by atoms with Crippen molar-refractivity contribution in [1.29, 1.82) is 0 Å². The van der Waals surface area contributed by atoms with Gasteiger partial charge in [0, 0.05) is 6.54 Å². The van der Waals surface area contributed by atoms with Crippen LogP contribution in [0.5, 0.6) is 5.75 Å². The lowest BCUT2D eigenvalue weighted by Crippen LogP contribution is -2.18. The summed E-state index contributed by atoms with van der Waals surface area (Å²) in [4.78, 5) is 16.2. The van der Waals surface area contributed by atoms with Crippen molar-refractivity contribution in [2.24, 2.45) is 0 Å². The smallest absolute Gasteiger partial charge is 0.319 e. The van der Waals surface area contributed by atoms with E-state index < -0.39 is 0 Å². The van der Waals surface area contributed by atoms with E-state index in [1.165, 1.54) is 11.8 Å². The van der Waals surface area contributed by atoms with Crippen molar-refractivity contribution >= 4 is 17.7 Å². The minimum Gasteiger partial charge on any atom is -0.497 e. The minimum atomic E-state index is -0.353. The number of aliphatic hydroxyl groups excluding tert-OH is 1. The fourth-order valence-corrected chi connectivity index (χ4v) is 3.28. The molecule has 0 bridgehead atoms. The number of methoxy groups -OCH3 is 1. The summed E-state index contributed by atoms with van der Waals surface area (Å²) >= 11 is 1.34. The summed E-state index contributed by atoms with van der Waals surface area (Å²) in [6.45, 7) is 4.51. The van der Waals surface area contributed by atoms with Crippen LogP contribution in [0.25, 0.3) is 0 Å². The number of aliphatic hydroxyl groups is 1. The largest absolute Gasteiger partial charge is 0.497 e. The average Bonchev–Trinajstić information content (AvgIpc) is 3.02. The predicted molar refractivity (Wildman–Crippen MR) is 96.8 cm³/mol. The molecule has 7 heteroatoms. The summed E-state index contributed by atoms with van der Waals surface area (Å²) < 4.78 is 12.2. The van der Waals surface area contributed by atoms with Crippen LogP contribution in [0.3, 0.4) is 0 Å². The number of carbonyl (C=O) groups excluding carboxylic acids is 1. The lowest BCUT2D eigenvalue weighted by molar-refractivity contribution is -0.142. The van der Waals surface area contributed by atoms with Crippen LogP contribution < -0.4 is 4.74 Å². The summed E-state index contributed by atoms with van der Waals surface area (Å²) in [6, 6.07) is 7.88. The van der Waals surface area contributed by atoms with Crippen LogP contribution in [0, 0.1) is 0 Å². The van der Waals surface area contributed by atoms with E-state index in [4.69, 9.17) is 9.47 Å². The van der Waals surface area contributed by atoms with Gasteiger partial charge < -0.3 is 19.1 Å². The molecule has 2 rings (SSSR count). The molecular weight excluding hydrogens is 340 g/mol. The number of aromatic nitrogens is 2. The van der Waals surface area contributed by atoms with Gasteiger partial charge in [0.15, 0.2) is 5.16 Å². The number of ether oxygens (including phenoxy) is 2. The second kappa shape index (κ2) is 9.48. The van der Waals surface area contributed by atoms with Crippen LogP contribution in [0.1, 0.15) is 25.1 Å². The highest BCUT2D eigenvalue weighted by Gasteiger charge is 2.19. The van der Waals surface area contributed by atoms with Crippen LogP contribution >= 0.6 is 11.8 Å². The molecule has 136 valence electrons. The van der Waals surface area contributed by atoms with Crippen LogP contribution in [-0.4, -0.2) is 39.6 Å². The third kappa shape index (κ3) is 5.24. The van der Waals surface area contributed by atoms with Crippen LogP contribution in [0.4, 0.5) is 0 Å². The van der Waals surface area contributed by atoms with Gasteiger partial charge in [-0.1, -0.05) is 23.9 Å². The number of benzene rings is 1. The number of thioether (sulfide) groups is 1. The van der Waals surface area contributed by atoms with E-state index in [0.29, 0.717) is 18.3 Å². The molecule has 6 nitrogen and oxygen atoms in total. The first-order valence-electron chi connectivity index (χ1n) is 8.20. The average molecular weight is 364 g/mol. The molecule has 0 radical (unpaired) electrons. The SMILES string of the molecule is CCOC(=O)[C@@H](C)Sc1ncc(CO)n1CCc1ccc(OC)cc1. The van der Waals surface area contributed by atoms with Gasteiger partial charge in [-0.25, -0.2) is 4.98 Å². The molecule has 25 heavy (non-hydrogen) atoms. The summed E-state index contributed by atoms with van der Waals surface area (Å²) in [7, 11) is 1.64. The van der Waals surface area contributed by atoms with Gasteiger partial charge in [0.25, 0.3) is 0 Å². The lowest BCUT2D eigenvalue weighted by atomic mass is 10.1. The Morgan fingerprint density at radius 1 is 1.36 bits per heavy atom. The van der Waals surface area contributed by atoms with E-state index in [9.17, 15) is 9.90 Å². The first-order chi connectivity index (χ1) is 12.1. The summed E-state index contributed by atoms with van der Waals surface area (Å²) in [5.41, 5.74) is 1.89. The maximum Gasteiger partial charge on any atom is 0.319 e. The summed E-state index contributed by atoms with van der Waals surface area (Å²) in [6.07, 6.45) is 2.43. The molecule has 0 unspecified atom stereocenters. The van der Waals surface area contributed by atoms with Crippen molar-refractivity contribution in [1.82, 2.24) is 9.55 Å². The van der Waals surface area contributed by atoms with Crippen molar-refractivity contribution < 1.29 is 19.4 Å². The molecule has 1 aromatic carbocycles. The zero-order chi connectivity index (χ0) is 18.2. The molecule has 1 atom stereocenters. The number of carbonyl (C=O) groups is 1. The summed E-state index contributed by atoms with van der Waals surface area (Å²) in [5, 5.41) is 9.90. The number of esters is 1. The third-order valence-electron chi connectivity index (χ3n) is 3.75. The zero-order valence-electron chi connectivity index (χ0n) is 14.8. The van der Waals surface area contributed by atoms with E-state index in [-0.39, 0.29) is 17.8 Å². The molecule has 0 aliphatic carbocycles. The Balaban J connectivity index is 2.07. The first kappa shape index (κ1) is 19.3. The van der Waals surface area contributed by atoms with Crippen molar-refractivity contribution in [3.05, 3.63) is 41.7 Å². The molecule has 0 amide bonds. The van der Waals surface area contributed by atoms with Crippen molar-refractivity contribution in [2.75, 3.05) is 13.7 Å². The van der Waals surface area contributed by atoms with E-state index in [1.54, 1.807) is 27.2 Å². The highest BCUT2D eigenvalue weighted by molar-refractivity contribution is 8.00. The Morgan fingerprint density at radius 2 is 2.08 bits per heavy atom. The molecule has 0 aliphatic rings. The predicted octanol–water partition coefficient (Wildman–Crippen LogP) is 2.67. The standard InChI is InChI=1S/C18H24N2O4S/c1-4-24-17(22)13(2)25-18-19-11-15(12-21)20(18)10-9-14-5-7-16(23-3)8-6-14/h5-8,11,13,21H,4,9-10,12H2,1-3H3/t13-/m1/s1. The van der Waals surface area contributed by atoms with Crippen LogP contribution in [-0.2, 0) is 29.1 Å². The van der Waals surface area contributed by atoms with E-state index in [1.807, 2.05) is 28.8 Å². The molecule has 0 aliphatic heterocycles. The molecule has 2 aromatic rings. The van der Waals surface area contributed by atoms with Gasteiger partial charge >= 0.3 is 5.97 Å². The molecule has 0 saturated heterocycles. The number of aryl methyl sites for hydroxylation is 1. The number of hydrogen-bond donors (Lipinski definition) is 1. The summed E-state index contributed by atoms with van der Waals surface area (Å²) in [5.74, 6) is 0.560. The topological polar surface area (TPSA) is 73.6 Å². The number of nitrogens with zero attached hydrogens (tertiary/aromatic N) is 2. The van der Waals surface area contributed by atoms with Gasteiger partial charge in [0.05, 0.1) is 32.2 Å². The maximum absolute atomic E-state index is 11.8. The van der Waals surface area contributed by atoms with Gasteiger partial charge in [-0.15, -0.1) is 0 Å². The van der Waals surface area contributed by atoms with Crippen molar-refractivity contribution in [3.8, 4) is 5.75 Å². The minimum absolute atomic E-state index is 0.0933. The lowest BCUT2D eigenvalue weighted by Gasteiger charge is -2.13. The van der Waals surface area contributed by atoms with E-state index >= 15 is 0 Å². The molecule has 0 saturated carbocycles. The van der Waals surface area contributed by atoms with Gasteiger partial charge in [-0.2, -0.15) is 0 Å². The van der Waals surface area contributed by atoms with Crippen molar-refractivity contribution in [3.63, 3.8) is 0 Å². The van der Waals surface area contributed by atoms with Gasteiger partial charge in [0.1, 0.15) is 11.0 Å². The highest BCUT2D eigenvalue weighted by atomic mass is 32.2. The van der Waals surface area contributed by atoms with Gasteiger partial charge in [-0.05, 0) is 38.0 Å². The fourth-order valence-electron chi connectivity index (χ4n) is 2.35. The Morgan fingerprint density at radius 3 is 2.68 bits per heavy atom. The Hall–Kier alpha value is -1.99.